The van der Waals surface area contributed by atoms with Gasteiger partial charge in [-0.3, -0.25) is 0 Å². The molecule has 0 aromatic carbocycles. The lowest BCUT2D eigenvalue weighted by Crippen LogP contribution is -2.42. The van der Waals surface area contributed by atoms with E-state index in [4.69, 9.17) is 0 Å². The minimum atomic E-state index is -0.304. The molecule has 0 bridgehead atoms. The molecule has 2 nitrogen and oxygen atoms in total. The van der Waals surface area contributed by atoms with Gasteiger partial charge in [-0.15, -0.1) is 0 Å². The Morgan fingerprint density at radius 3 is 2.58 bits per heavy atom. The Morgan fingerprint density at radius 2 is 1.92 bits per heavy atom. The molecule has 1 unspecified atom stereocenters. The first-order valence-electron chi connectivity index (χ1n) is 5.24. The molecule has 2 aliphatic rings. The van der Waals surface area contributed by atoms with Gasteiger partial charge in [-0.25, -0.2) is 0 Å². The van der Waals surface area contributed by atoms with Crippen molar-refractivity contribution in [1.82, 2.24) is 5.32 Å². The molecule has 0 aromatic rings. The highest BCUT2D eigenvalue weighted by molar-refractivity contribution is 4.92. The number of hydrogen-bond donors (Lipinski definition) is 2. The number of nitrogens with one attached hydrogen (secondary N) is 1. The van der Waals surface area contributed by atoms with Gasteiger partial charge in [0.15, 0.2) is 0 Å². The molecule has 2 heteroatoms. The van der Waals surface area contributed by atoms with Crippen LogP contribution in [0, 0.1) is 5.92 Å². The van der Waals surface area contributed by atoms with Crippen molar-refractivity contribution in [3.05, 3.63) is 0 Å². The molecule has 2 N–H and O–H groups in total. The molecule has 12 heavy (non-hydrogen) atoms. The van der Waals surface area contributed by atoms with E-state index in [2.05, 4.69) is 5.32 Å². The van der Waals surface area contributed by atoms with E-state index in [-0.39, 0.29) is 5.60 Å². The average molecular weight is 169 g/mol. The van der Waals surface area contributed by atoms with Gasteiger partial charge < -0.3 is 10.4 Å². The second-order valence-corrected chi connectivity index (χ2v) is 4.33. The van der Waals surface area contributed by atoms with Crippen LogP contribution >= 0.6 is 0 Å². The molecule has 1 saturated heterocycles. The lowest BCUT2D eigenvalue weighted by atomic mass is 9.70. The summed E-state index contributed by atoms with van der Waals surface area (Å²) in [4.78, 5) is 0. The van der Waals surface area contributed by atoms with Crippen LogP contribution < -0.4 is 5.32 Å². The molecule has 0 spiro atoms. The van der Waals surface area contributed by atoms with Gasteiger partial charge in [0.05, 0.1) is 5.60 Å². The minimum Gasteiger partial charge on any atom is -0.390 e. The normalized spacial score (nSPS) is 38.8. The van der Waals surface area contributed by atoms with Crippen molar-refractivity contribution in [2.45, 2.75) is 44.1 Å². The third kappa shape index (κ3) is 1.50. The lowest BCUT2D eigenvalue weighted by molar-refractivity contribution is -0.0592. The fourth-order valence-electron chi connectivity index (χ4n) is 2.43. The highest BCUT2D eigenvalue weighted by atomic mass is 16.3. The number of aliphatic hydroxyl groups is 1. The van der Waals surface area contributed by atoms with Gasteiger partial charge in [0, 0.05) is 0 Å². The fraction of sp³-hybridized carbons (Fsp3) is 1.00. The van der Waals surface area contributed by atoms with E-state index in [1.807, 2.05) is 0 Å². The molecular formula is C10H19NO. The highest BCUT2D eigenvalue weighted by Gasteiger charge is 2.39. The molecule has 1 saturated carbocycles. The summed E-state index contributed by atoms with van der Waals surface area (Å²) in [6.45, 7) is 2.10. The standard InChI is InChI=1S/C10H19NO/c12-10(9-3-1-4-9)5-2-7-11-8-6-10/h9,11-12H,1-8H2. The van der Waals surface area contributed by atoms with Crippen LogP contribution in [-0.2, 0) is 0 Å². The molecule has 70 valence electrons. The minimum absolute atomic E-state index is 0.304. The zero-order valence-electron chi connectivity index (χ0n) is 7.68. The Balaban J connectivity index is 1.95. The summed E-state index contributed by atoms with van der Waals surface area (Å²) < 4.78 is 0. The van der Waals surface area contributed by atoms with Crippen molar-refractivity contribution in [3.8, 4) is 0 Å². The molecule has 2 rings (SSSR count). The maximum Gasteiger partial charge on any atom is 0.0688 e. The quantitative estimate of drug-likeness (QED) is 0.620. The first-order valence-corrected chi connectivity index (χ1v) is 5.24. The van der Waals surface area contributed by atoms with Gasteiger partial charge in [0.1, 0.15) is 0 Å². The van der Waals surface area contributed by atoms with Crippen molar-refractivity contribution < 1.29 is 5.11 Å². The van der Waals surface area contributed by atoms with Gasteiger partial charge in [0.25, 0.3) is 0 Å². The van der Waals surface area contributed by atoms with Gasteiger partial charge in [-0.2, -0.15) is 0 Å². The van der Waals surface area contributed by atoms with Crippen LogP contribution in [0.2, 0.25) is 0 Å². The van der Waals surface area contributed by atoms with Crippen LogP contribution in [-0.4, -0.2) is 23.8 Å². The first-order chi connectivity index (χ1) is 5.81. The van der Waals surface area contributed by atoms with E-state index in [1.54, 1.807) is 0 Å². The van der Waals surface area contributed by atoms with E-state index in [1.165, 1.54) is 19.3 Å². The van der Waals surface area contributed by atoms with Gasteiger partial charge in [-0.1, -0.05) is 6.42 Å². The molecule has 1 aliphatic carbocycles. The van der Waals surface area contributed by atoms with Crippen molar-refractivity contribution in [2.75, 3.05) is 13.1 Å². The molecular weight excluding hydrogens is 150 g/mol. The molecule has 1 atom stereocenters. The number of hydrogen-bond acceptors (Lipinski definition) is 2. The summed E-state index contributed by atoms with van der Waals surface area (Å²) in [5, 5.41) is 13.7. The third-order valence-electron chi connectivity index (χ3n) is 3.56. The van der Waals surface area contributed by atoms with Crippen molar-refractivity contribution in [3.63, 3.8) is 0 Å². The molecule has 0 aromatic heterocycles. The largest absolute Gasteiger partial charge is 0.390 e. The SMILES string of the molecule is OC1(C2CCC2)CCCNCC1. The molecule has 1 aliphatic heterocycles. The molecule has 0 radical (unpaired) electrons. The predicted molar refractivity (Wildman–Crippen MR) is 49.0 cm³/mol. The van der Waals surface area contributed by atoms with Crippen molar-refractivity contribution >= 4 is 0 Å². The van der Waals surface area contributed by atoms with E-state index < -0.39 is 0 Å². The predicted octanol–water partition coefficient (Wildman–Crippen LogP) is 1.29. The third-order valence-corrected chi connectivity index (χ3v) is 3.56. The fourth-order valence-corrected chi connectivity index (χ4v) is 2.43. The Morgan fingerprint density at radius 1 is 1.08 bits per heavy atom. The Kier molecular flexibility index (Phi) is 2.37. The maximum atomic E-state index is 10.3. The van der Waals surface area contributed by atoms with Crippen LogP contribution in [0.3, 0.4) is 0 Å². The monoisotopic (exact) mass is 169 g/mol. The van der Waals surface area contributed by atoms with Gasteiger partial charge in [-0.05, 0) is 51.1 Å². The second-order valence-electron chi connectivity index (χ2n) is 4.33. The summed E-state index contributed by atoms with van der Waals surface area (Å²) in [6, 6.07) is 0. The summed E-state index contributed by atoms with van der Waals surface area (Å²) in [5.74, 6) is 0.623. The summed E-state index contributed by atoms with van der Waals surface area (Å²) in [7, 11) is 0. The van der Waals surface area contributed by atoms with E-state index in [0.29, 0.717) is 5.92 Å². The van der Waals surface area contributed by atoms with E-state index >= 15 is 0 Å². The Bertz CT molecular complexity index is 146. The Hall–Kier alpha value is -0.0800. The summed E-state index contributed by atoms with van der Waals surface area (Å²) >= 11 is 0. The smallest absolute Gasteiger partial charge is 0.0688 e. The van der Waals surface area contributed by atoms with Crippen LogP contribution in [0.25, 0.3) is 0 Å². The second kappa shape index (κ2) is 3.35. The molecule has 2 fully saturated rings. The van der Waals surface area contributed by atoms with Crippen molar-refractivity contribution in [1.29, 1.82) is 0 Å². The zero-order chi connectivity index (χ0) is 8.44. The summed E-state index contributed by atoms with van der Waals surface area (Å²) in [5.41, 5.74) is -0.304. The summed E-state index contributed by atoms with van der Waals surface area (Å²) in [6.07, 6.45) is 6.99. The van der Waals surface area contributed by atoms with Gasteiger partial charge in [0.2, 0.25) is 0 Å². The van der Waals surface area contributed by atoms with E-state index in [9.17, 15) is 5.11 Å². The van der Waals surface area contributed by atoms with Crippen LogP contribution in [0.15, 0.2) is 0 Å². The number of rotatable bonds is 1. The molecule has 1 heterocycles. The molecule has 0 amide bonds. The Labute approximate surface area is 74.4 Å². The van der Waals surface area contributed by atoms with Gasteiger partial charge >= 0.3 is 0 Å². The first kappa shape index (κ1) is 8.52. The maximum absolute atomic E-state index is 10.3. The lowest BCUT2D eigenvalue weighted by Gasteiger charge is -2.41. The highest BCUT2D eigenvalue weighted by Crippen LogP contribution is 2.41. The topological polar surface area (TPSA) is 32.3 Å². The van der Waals surface area contributed by atoms with Crippen LogP contribution in [0.5, 0.6) is 0 Å². The zero-order valence-corrected chi connectivity index (χ0v) is 7.68. The van der Waals surface area contributed by atoms with E-state index in [0.717, 1.165) is 32.4 Å². The van der Waals surface area contributed by atoms with Crippen LogP contribution in [0.4, 0.5) is 0 Å². The van der Waals surface area contributed by atoms with Crippen molar-refractivity contribution in [2.24, 2.45) is 5.92 Å². The average Bonchev–Trinajstić information content (AvgIpc) is 2.10. The van der Waals surface area contributed by atoms with Crippen LogP contribution in [0.1, 0.15) is 38.5 Å².